The van der Waals surface area contributed by atoms with Crippen LogP contribution in [0, 0.1) is 0 Å². The molecule has 0 spiro atoms. The second-order valence-corrected chi connectivity index (χ2v) is 5.94. The molecule has 0 saturated carbocycles. The van der Waals surface area contributed by atoms with E-state index in [0.29, 0.717) is 15.8 Å². The third kappa shape index (κ3) is 4.25. The predicted molar refractivity (Wildman–Crippen MR) is 85.2 cm³/mol. The molecule has 0 radical (unpaired) electrons. The van der Waals surface area contributed by atoms with Crippen LogP contribution in [0.15, 0.2) is 18.2 Å². The highest BCUT2D eigenvalue weighted by Gasteiger charge is 2.25. The molecule has 1 amide bonds. The van der Waals surface area contributed by atoms with Gasteiger partial charge in [0.05, 0.1) is 5.02 Å². The zero-order valence-electron chi connectivity index (χ0n) is 12.3. The van der Waals surface area contributed by atoms with Crippen molar-refractivity contribution in [2.24, 2.45) is 0 Å². The Bertz CT molecular complexity index is 502. The number of hydrogen-bond donors (Lipinski definition) is 0. The molecule has 0 N–H and O–H groups in total. The van der Waals surface area contributed by atoms with E-state index in [1.54, 1.807) is 25.1 Å². The lowest BCUT2D eigenvalue weighted by molar-refractivity contribution is -0.139. The molecule has 1 unspecified atom stereocenters. The van der Waals surface area contributed by atoms with Gasteiger partial charge in [-0.2, -0.15) is 0 Å². The standard InChI is InChI=1S/C15H20Cl2N2O2/c1-3-18-6-8-19(9-7-18)15(20)11(2)21-14-5-4-12(16)10-13(14)17/h4-5,10-11H,3,6-9H2,1-2H3. The first-order valence-electron chi connectivity index (χ1n) is 7.14. The van der Waals surface area contributed by atoms with Crippen molar-refractivity contribution >= 4 is 29.1 Å². The normalized spacial score (nSPS) is 17.6. The average molecular weight is 331 g/mol. The Hall–Kier alpha value is -0.970. The third-order valence-electron chi connectivity index (χ3n) is 3.68. The van der Waals surface area contributed by atoms with Crippen molar-refractivity contribution in [1.29, 1.82) is 0 Å². The molecule has 4 nitrogen and oxygen atoms in total. The highest BCUT2D eigenvalue weighted by atomic mass is 35.5. The van der Waals surface area contributed by atoms with E-state index in [0.717, 1.165) is 32.7 Å². The van der Waals surface area contributed by atoms with Gasteiger partial charge in [0.25, 0.3) is 5.91 Å². The molecule has 6 heteroatoms. The van der Waals surface area contributed by atoms with Crippen molar-refractivity contribution in [3.63, 3.8) is 0 Å². The maximum Gasteiger partial charge on any atom is 0.263 e. The number of benzene rings is 1. The minimum atomic E-state index is -0.558. The Morgan fingerprint density at radius 3 is 2.52 bits per heavy atom. The van der Waals surface area contributed by atoms with Crippen LogP contribution in [-0.2, 0) is 4.79 Å². The number of rotatable bonds is 4. The van der Waals surface area contributed by atoms with Crippen LogP contribution in [0.5, 0.6) is 5.75 Å². The first kappa shape index (κ1) is 16.4. The summed E-state index contributed by atoms with van der Waals surface area (Å²) in [4.78, 5) is 16.6. The van der Waals surface area contributed by atoms with E-state index < -0.39 is 6.10 Å². The summed E-state index contributed by atoms with van der Waals surface area (Å²) in [7, 11) is 0. The molecule has 0 aromatic heterocycles. The number of halogens is 2. The van der Waals surface area contributed by atoms with Crippen LogP contribution < -0.4 is 4.74 Å². The number of likely N-dealkylation sites (N-methyl/N-ethyl adjacent to an activating group) is 1. The van der Waals surface area contributed by atoms with Crippen molar-refractivity contribution in [2.75, 3.05) is 32.7 Å². The average Bonchev–Trinajstić information content (AvgIpc) is 2.49. The van der Waals surface area contributed by atoms with Crippen LogP contribution in [0.25, 0.3) is 0 Å². The van der Waals surface area contributed by atoms with E-state index in [1.807, 2.05) is 4.90 Å². The largest absolute Gasteiger partial charge is 0.479 e. The van der Waals surface area contributed by atoms with E-state index in [9.17, 15) is 4.79 Å². The zero-order valence-corrected chi connectivity index (χ0v) is 13.8. The molecular formula is C15H20Cl2N2O2. The maximum atomic E-state index is 12.4. The summed E-state index contributed by atoms with van der Waals surface area (Å²) in [6, 6.07) is 4.99. The topological polar surface area (TPSA) is 32.8 Å². The first-order valence-corrected chi connectivity index (χ1v) is 7.89. The van der Waals surface area contributed by atoms with Crippen molar-refractivity contribution in [2.45, 2.75) is 20.0 Å². The van der Waals surface area contributed by atoms with Gasteiger partial charge in [-0.3, -0.25) is 4.79 Å². The molecule has 116 valence electrons. The fourth-order valence-corrected chi connectivity index (χ4v) is 2.81. The van der Waals surface area contributed by atoms with Crippen LogP contribution in [0.1, 0.15) is 13.8 Å². The number of carbonyl (C=O) groups is 1. The minimum absolute atomic E-state index is 0.00299. The van der Waals surface area contributed by atoms with Gasteiger partial charge in [0.1, 0.15) is 5.75 Å². The molecule has 0 bridgehead atoms. The highest BCUT2D eigenvalue weighted by molar-refractivity contribution is 6.35. The lowest BCUT2D eigenvalue weighted by atomic mass is 10.2. The monoisotopic (exact) mass is 330 g/mol. The molecule has 0 aliphatic carbocycles. The molecule has 1 aromatic rings. The molecule has 2 rings (SSSR count). The summed E-state index contributed by atoms with van der Waals surface area (Å²) < 4.78 is 5.67. The van der Waals surface area contributed by atoms with E-state index >= 15 is 0 Å². The van der Waals surface area contributed by atoms with Gasteiger partial charge >= 0.3 is 0 Å². The van der Waals surface area contributed by atoms with Crippen LogP contribution in [0.3, 0.4) is 0 Å². The molecular weight excluding hydrogens is 311 g/mol. The Morgan fingerprint density at radius 2 is 1.95 bits per heavy atom. The first-order chi connectivity index (χ1) is 10.0. The second-order valence-electron chi connectivity index (χ2n) is 5.09. The number of amides is 1. The predicted octanol–water partition coefficient (Wildman–Crippen LogP) is 2.92. The molecule has 1 aliphatic rings. The Kier molecular flexibility index (Phi) is 5.73. The van der Waals surface area contributed by atoms with Gasteiger partial charge in [0.2, 0.25) is 0 Å². The molecule has 21 heavy (non-hydrogen) atoms. The Labute approximate surface area is 135 Å². The van der Waals surface area contributed by atoms with Gasteiger partial charge in [0.15, 0.2) is 6.10 Å². The number of piperazine rings is 1. The summed E-state index contributed by atoms with van der Waals surface area (Å²) in [5.74, 6) is 0.478. The van der Waals surface area contributed by atoms with E-state index in [4.69, 9.17) is 27.9 Å². The number of carbonyl (C=O) groups excluding carboxylic acids is 1. The second kappa shape index (κ2) is 7.34. The minimum Gasteiger partial charge on any atom is -0.479 e. The molecule has 1 fully saturated rings. The van der Waals surface area contributed by atoms with Gasteiger partial charge in [-0.1, -0.05) is 30.1 Å². The summed E-state index contributed by atoms with van der Waals surface area (Å²) in [6.45, 7) is 8.22. The van der Waals surface area contributed by atoms with E-state index in [2.05, 4.69) is 11.8 Å². The summed E-state index contributed by atoms with van der Waals surface area (Å²) in [6.07, 6.45) is -0.558. The summed E-state index contributed by atoms with van der Waals surface area (Å²) in [5, 5.41) is 0.958. The zero-order chi connectivity index (χ0) is 15.4. The van der Waals surface area contributed by atoms with Crippen molar-refractivity contribution in [1.82, 2.24) is 9.80 Å². The van der Waals surface area contributed by atoms with Crippen LogP contribution >= 0.6 is 23.2 Å². The lowest BCUT2D eigenvalue weighted by Crippen LogP contribution is -2.51. The van der Waals surface area contributed by atoms with Gasteiger partial charge in [-0.05, 0) is 31.7 Å². The quantitative estimate of drug-likeness (QED) is 0.850. The van der Waals surface area contributed by atoms with E-state index in [1.165, 1.54) is 0 Å². The Balaban J connectivity index is 1.93. The smallest absolute Gasteiger partial charge is 0.263 e. The van der Waals surface area contributed by atoms with Gasteiger partial charge < -0.3 is 14.5 Å². The molecule has 1 aromatic carbocycles. The van der Waals surface area contributed by atoms with Crippen LogP contribution in [0.4, 0.5) is 0 Å². The maximum absolute atomic E-state index is 12.4. The van der Waals surface area contributed by atoms with Gasteiger partial charge in [-0.25, -0.2) is 0 Å². The SMILES string of the molecule is CCN1CCN(C(=O)C(C)Oc2ccc(Cl)cc2Cl)CC1. The molecule has 1 aliphatic heterocycles. The van der Waals surface area contributed by atoms with Crippen molar-refractivity contribution < 1.29 is 9.53 Å². The summed E-state index contributed by atoms with van der Waals surface area (Å²) >= 11 is 11.9. The van der Waals surface area contributed by atoms with Gasteiger partial charge in [0, 0.05) is 31.2 Å². The van der Waals surface area contributed by atoms with E-state index in [-0.39, 0.29) is 5.91 Å². The fourth-order valence-electron chi connectivity index (χ4n) is 2.35. The van der Waals surface area contributed by atoms with Crippen molar-refractivity contribution in [3.05, 3.63) is 28.2 Å². The lowest BCUT2D eigenvalue weighted by Gasteiger charge is -2.35. The molecule has 1 saturated heterocycles. The van der Waals surface area contributed by atoms with Crippen molar-refractivity contribution in [3.8, 4) is 5.75 Å². The van der Waals surface area contributed by atoms with Crippen LogP contribution in [0.2, 0.25) is 10.0 Å². The highest BCUT2D eigenvalue weighted by Crippen LogP contribution is 2.28. The third-order valence-corrected chi connectivity index (χ3v) is 4.21. The molecule has 1 atom stereocenters. The fraction of sp³-hybridized carbons (Fsp3) is 0.533. The van der Waals surface area contributed by atoms with Crippen LogP contribution in [-0.4, -0.2) is 54.5 Å². The number of nitrogens with zero attached hydrogens (tertiary/aromatic N) is 2. The van der Waals surface area contributed by atoms with Gasteiger partial charge in [-0.15, -0.1) is 0 Å². The number of ether oxygens (including phenoxy) is 1. The Morgan fingerprint density at radius 1 is 1.29 bits per heavy atom. The number of hydrogen-bond acceptors (Lipinski definition) is 3. The molecule has 1 heterocycles. The summed E-state index contributed by atoms with van der Waals surface area (Å²) in [5.41, 5.74) is 0.